The number of benzene rings is 6. The minimum absolute atomic E-state index is 1.27. The van der Waals surface area contributed by atoms with Gasteiger partial charge in [-0.3, -0.25) is 0 Å². The van der Waals surface area contributed by atoms with Gasteiger partial charge in [0, 0.05) is 0 Å². The Balaban J connectivity index is 1.79. The second-order valence-electron chi connectivity index (χ2n) is 7.83. The molecule has 0 aliphatic rings. The van der Waals surface area contributed by atoms with E-state index in [1.54, 1.807) is 0 Å². The zero-order chi connectivity index (χ0) is 19.4. The van der Waals surface area contributed by atoms with Crippen LogP contribution in [0.3, 0.4) is 0 Å². The maximum Gasteiger partial charge on any atom is -0.00177 e. The van der Waals surface area contributed by atoms with Crippen molar-refractivity contribution in [1.29, 1.82) is 0 Å². The topological polar surface area (TPSA) is 0 Å². The molecule has 0 nitrogen and oxygen atoms in total. The highest BCUT2D eigenvalue weighted by atomic mass is 14.2. The van der Waals surface area contributed by atoms with E-state index in [0.29, 0.717) is 0 Å². The van der Waals surface area contributed by atoms with E-state index in [-0.39, 0.29) is 0 Å². The predicted molar refractivity (Wildman–Crippen MR) is 126 cm³/mol. The van der Waals surface area contributed by atoms with E-state index in [0.717, 1.165) is 0 Å². The molecule has 0 heteroatoms. The summed E-state index contributed by atoms with van der Waals surface area (Å²) in [5.41, 5.74) is 6.49. The van der Waals surface area contributed by atoms with E-state index in [1.165, 1.54) is 60.1 Å². The van der Waals surface area contributed by atoms with Gasteiger partial charge in [0.2, 0.25) is 0 Å². The van der Waals surface area contributed by atoms with E-state index in [4.69, 9.17) is 0 Å². The first-order valence-electron chi connectivity index (χ1n) is 10.1. The first-order valence-corrected chi connectivity index (χ1v) is 10.1. The zero-order valence-corrected chi connectivity index (χ0v) is 16.3. The smallest absolute Gasteiger partial charge is 0.00177 e. The molecule has 0 aromatic heterocycles. The molecular weight excluding hydrogens is 348 g/mol. The van der Waals surface area contributed by atoms with Crippen LogP contribution in [0.1, 0.15) is 5.56 Å². The molecule has 0 fully saturated rings. The molecule has 0 atom stereocenters. The van der Waals surface area contributed by atoms with E-state index < -0.39 is 0 Å². The molecule has 136 valence electrons. The van der Waals surface area contributed by atoms with Crippen molar-refractivity contribution in [3.63, 3.8) is 0 Å². The van der Waals surface area contributed by atoms with Crippen LogP contribution in [0.5, 0.6) is 0 Å². The van der Waals surface area contributed by atoms with Crippen LogP contribution in [0.2, 0.25) is 0 Å². The van der Waals surface area contributed by atoms with E-state index in [2.05, 4.69) is 110 Å². The van der Waals surface area contributed by atoms with Crippen molar-refractivity contribution in [3.05, 3.63) is 109 Å². The van der Waals surface area contributed by atoms with Crippen molar-refractivity contribution in [3.8, 4) is 22.3 Å². The minimum Gasteiger partial charge on any atom is -0.0622 e. The number of aryl methyl sites for hydroxylation is 1. The first-order chi connectivity index (χ1) is 14.3. The molecule has 0 unspecified atom stereocenters. The Morgan fingerprint density at radius 2 is 1.00 bits per heavy atom. The molecule has 0 saturated heterocycles. The van der Waals surface area contributed by atoms with Gasteiger partial charge in [0.05, 0.1) is 0 Å². The Morgan fingerprint density at radius 1 is 0.448 bits per heavy atom. The summed E-state index contributed by atoms with van der Waals surface area (Å²) in [6.45, 7) is 2.23. The third-order valence-corrected chi connectivity index (χ3v) is 6.16. The summed E-state index contributed by atoms with van der Waals surface area (Å²) in [5.74, 6) is 0. The summed E-state index contributed by atoms with van der Waals surface area (Å²) < 4.78 is 0. The molecule has 0 amide bonds. The highest BCUT2D eigenvalue weighted by Gasteiger charge is 2.16. The van der Waals surface area contributed by atoms with Gasteiger partial charge in [-0.25, -0.2) is 0 Å². The van der Waals surface area contributed by atoms with Gasteiger partial charge in [0.15, 0.2) is 0 Å². The monoisotopic (exact) mass is 368 g/mol. The van der Waals surface area contributed by atoms with Gasteiger partial charge >= 0.3 is 0 Å². The molecule has 0 heterocycles. The second-order valence-corrected chi connectivity index (χ2v) is 7.83. The average Bonchev–Trinajstić information content (AvgIpc) is 2.79. The normalized spacial score (nSPS) is 11.6. The fraction of sp³-hybridized carbons (Fsp3) is 0.0345. The van der Waals surface area contributed by atoms with Gasteiger partial charge in [0.1, 0.15) is 0 Å². The Kier molecular flexibility index (Phi) is 3.48. The van der Waals surface area contributed by atoms with Crippen LogP contribution in [0.25, 0.3) is 54.6 Å². The lowest BCUT2D eigenvalue weighted by molar-refractivity contribution is 1.53. The van der Waals surface area contributed by atoms with E-state index in [9.17, 15) is 0 Å². The lowest BCUT2D eigenvalue weighted by Gasteiger charge is -2.18. The fourth-order valence-corrected chi connectivity index (χ4v) is 4.80. The van der Waals surface area contributed by atoms with Gasteiger partial charge in [-0.15, -0.1) is 0 Å². The Hall–Kier alpha value is -3.64. The molecule has 0 N–H and O–H groups in total. The molecule has 6 rings (SSSR count). The predicted octanol–water partition coefficient (Wildman–Crippen LogP) is 8.23. The summed E-state index contributed by atoms with van der Waals surface area (Å²) in [6.07, 6.45) is 0. The van der Waals surface area contributed by atoms with Crippen LogP contribution >= 0.6 is 0 Å². The maximum atomic E-state index is 2.34. The Morgan fingerprint density at radius 3 is 1.72 bits per heavy atom. The number of rotatable bonds is 2. The molecule has 0 saturated carbocycles. The van der Waals surface area contributed by atoms with Crippen molar-refractivity contribution in [2.45, 2.75) is 6.92 Å². The number of hydrogen-bond donors (Lipinski definition) is 0. The lowest BCUT2D eigenvalue weighted by Crippen LogP contribution is -1.91. The van der Waals surface area contributed by atoms with E-state index in [1.807, 2.05) is 0 Å². The zero-order valence-electron chi connectivity index (χ0n) is 16.3. The summed E-state index contributed by atoms with van der Waals surface area (Å²) in [5, 5.41) is 8.08. The quantitative estimate of drug-likeness (QED) is 0.270. The summed E-state index contributed by atoms with van der Waals surface area (Å²) in [4.78, 5) is 0. The Labute approximate surface area is 170 Å². The van der Waals surface area contributed by atoms with Crippen LogP contribution in [0.15, 0.2) is 103 Å². The standard InChI is InChI=1S/C29H20/c1-19-18-27(21-10-6-3-7-11-21)26-15-13-22-12-14-24(20-8-4-2-5-9-20)25-17-16-23(19)29(26)28(22)25/h2-18H,1H3. The molecule has 0 aliphatic heterocycles. The van der Waals surface area contributed by atoms with Gasteiger partial charge in [-0.1, -0.05) is 103 Å². The minimum atomic E-state index is 1.27. The molecule has 29 heavy (non-hydrogen) atoms. The van der Waals surface area contributed by atoms with Crippen LogP contribution in [0.4, 0.5) is 0 Å². The molecule has 6 aromatic carbocycles. The van der Waals surface area contributed by atoms with Crippen molar-refractivity contribution in [2.75, 3.05) is 0 Å². The molecule has 0 spiro atoms. The summed E-state index contributed by atoms with van der Waals surface area (Å²) in [6, 6.07) is 37.5. The third kappa shape index (κ3) is 2.39. The maximum absolute atomic E-state index is 2.34. The molecular formula is C29H20. The van der Waals surface area contributed by atoms with Crippen LogP contribution in [-0.2, 0) is 0 Å². The van der Waals surface area contributed by atoms with Crippen LogP contribution in [-0.4, -0.2) is 0 Å². The van der Waals surface area contributed by atoms with Crippen molar-refractivity contribution < 1.29 is 0 Å². The average molecular weight is 368 g/mol. The molecule has 0 bridgehead atoms. The summed E-state index contributed by atoms with van der Waals surface area (Å²) >= 11 is 0. The van der Waals surface area contributed by atoms with Crippen LogP contribution in [0, 0.1) is 6.92 Å². The van der Waals surface area contributed by atoms with Crippen molar-refractivity contribution in [2.24, 2.45) is 0 Å². The SMILES string of the molecule is Cc1cc(-c2ccccc2)c2ccc3ccc(-c4ccccc4)c4ccc1c2c34. The Bertz CT molecular complexity index is 1480. The molecule has 6 aromatic rings. The highest BCUT2D eigenvalue weighted by Crippen LogP contribution is 2.43. The summed E-state index contributed by atoms with van der Waals surface area (Å²) in [7, 11) is 0. The van der Waals surface area contributed by atoms with Crippen molar-refractivity contribution >= 4 is 32.3 Å². The van der Waals surface area contributed by atoms with Gasteiger partial charge in [0.25, 0.3) is 0 Å². The molecule has 0 radical (unpaired) electrons. The third-order valence-electron chi connectivity index (χ3n) is 6.16. The first kappa shape index (κ1) is 16.3. The van der Waals surface area contributed by atoms with E-state index >= 15 is 0 Å². The largest absolute Gasteiger partial charge is 0.0622 e. The lowest BCUT2D eigenvalue weighted by atomic mass is 9.85. The van der Waals surface area contributed by atoms with Crippen molar-refractivity contribution in [1.82, 2.24) is 0 Å². The molecule has 0 aliphatic carbocycles. The van der Waals surface area contributed by atoms with Gasteiger partial charge < -0.3 is 0 Å². The number of hydrogen-bond acceptors (Lipinski definition) is 0. The van der Waals surface area contributed by atoms with Gasteiger partial charge in [-0.05, 0) is 67.1 Å². The fourth-order valence-electron chi connectivity index (χ4n) is 4.80. The highest BCUT2D eigenvalue weighted by molar-refractivity contribution is 6.28. The second kappa shape index (κ2) is 6.18. The van der Waals surface area contributed by atoms with Gasteiger partial charge in [-0.2, -0.15) is 0 Å². The van der Waals surface area contributed by atoms with Crippen LogP contribution < -0.4 is 0 Å².